The van der Waals surface area contributed by atoms with E-state index in [1.54, 1.807) is 6.07 Å². The van der Waals surface area contributed by atoms with Crippen LogP contribution in [0.4, 0.5) is 0 Å². The molecule has 19 heavy (non-hydrogen) atoms. The van der Waals surface area contributed by atoms with E-state index in [4.69, 9.17) is 5.11 Å². The Balaban J connectivity index is 2.19. The minimum atomic E-state index is -0.201. The van der Waals surface area contributed by atoms with Crippen LogP contribution in [-0.4, -0.2) is 23.7 Å². The lowest BCUT2D eigenvalue weighted by molar-refractivity contribution is 0.0935. The van der Waals surface area contributed by atoms with E-state index in [1.165, 1.54) is 12.8 Å². The van der Waals surface area contributed by atoms with E-state index in [0.717, 1.165) is 5.56 Å². The molecule has 1 aliphatic rings. The Bertz CT molecular complexity index is 535. The van der Waals surface area contributed by atoms with E-state index in [2.05, 4.69) is 17.2 Å². The van der Waals surface area contributed by atoms with Gasteiger partial charge in [0.2, 0.25) is 0 Å². The van der Waals surface area contributed by atoms with E-state index in [1.807, 2.05) is 26.0 Å². The summed E-state index contributed by atoms with van der Waals surface area (Å²) in [6, 6.07) is 5.79. The van der Waals surface area contributed by atoms with Crippen LogP contribution in [0.3, 0.4) is 0 Å². The summed E-state index contributed by atoms with van der Waals surface area (Å²) in [6.45, 7) is 3.80. The van der Waals surface area contributed by atoms with Gasteiger partial charge in [-0.05, 0) is 50.3 Å². The first-order valence-electron chi connectivity index (χ1n) is 6.63. The maximum Gasteiger partial charge on any atom is 0.252 e. The summed E-state index contributed by atoms with van der Waals surface area (Å²) in [5, 5.41) is 11.8. The highest BCUT2D eigenvalue weighted by Crippen LogP contribution is 2.32. The molecule has 1 aromatic carbocycles. The molecule has 1 atom stereocenters. The molecule has 1 saturated carbocycles. The second kappa shape index (κ2) is 5.90. The maximum absolute atomic E-state index is 12.2. The molecule has 0 radical (unpaired) electrons. The Morgan fingerprint density at radius 2 is 2.26 bits per heavy atom. The summed E-state index contributed by atoms with van der Waals surface area (Å²) in [4.78, 5) is 12.2. The number of hydrogen-bond acceptors (Lipinski definition) is 2. The molecule has 0 bridgehead atoms. The second-order valence-corrected chi connectivity index (χ2v) is 5.11. The van der Waals surface area contributed by atoms with Crippen LogP contribution in [0.15, 0.2) is 18.2 Å². The molecule has 0 spiro atoms. The maximum atomic E-state index is 12.2. The predicted octanol–water partition coefficient (Wildman–Crippen LogP) is 1.87. The Morgan fingerprint density at radius 3 is 2.89 bits per heavy atom. The summed E-state index contributed by atoms with van der Waals surface area (Å²) in [6.07, 6.45) is 2.40. The molecule has 0 aromatic heterocycles. The van der Waals surface area contributed by atoms with Crippen LogP contribution in [0.5, 0.6) is 0 Å². The molecule has 0 saturated heterocycles. The number of benzene rings is 1. The summed E-state index contributed by atoms with van der Waals surface area (Å²) in [7, 11) is 0. The number of nitrogens with one attached hydrogen (secondary N) is 1. The normalized spacial score (nSPS) is 15.3. The number of aryl methyl sites for hydroxylation is 1. The number of rotatable bonds is 3. The SMILES string of the molecule is Cc1ccc(C(=O)NC(C)C2CC2)c(C#CCO)c1. The van der Waals surface area contributed by atoms with Gasteiger partial charge in [0.15, 0.2) is 0 Å². The molecule has 3 heteroatoms. The van der Waals surface area contributed by atoms with Crippen LogP contribution in [-0.2, 0) is 0 Å². The Morgan fingerprint density at radius 1 is 1.53 bits per heavy atom. The van der Waals surface area contributed by atoms with Gasteiger partial charge in [0, 0.05) is 11.6 Å². The van der Waals surface area contributed by atoms with Crippen LogP contribution >= 0.6 is 0 Å². The van der Waals surface area contributed by atoms with Gasteiger partial charge in [0.05, 0.1) is 5.56 Å². The van der Waals surface area contributed by atoms with Crippen molar-refractivity contribution < 1.29 is 9.90 Å². The van der Waals surface area contributed by atoms with E-state index in [9.17, 15) is 4.79 Å². The van der Waals surface area contributed by atoms with Crippen molar-refractivity contribution in [1.82, 2.24) is 5.32 Å². The number of aliphatic hydroxyl groups excluding tert-OH is 1. The van der Waals surface area contributed by atoms with E-state index >= 15 is 0 Å². The number of carbonyl (C=O) groups excluding carboxylic acids is 1. The van der Waals surface area contributed by atoms with Gasteiger partial charge < -0.3 is 10.4 Å². The Kier molecular flexibility index (Phi) is 4.24. The average molecular weight is 257 g/mol. The first-order chi connectivity index (χ1) is 9.11. The largest absolute Gasteiger partial charge is 0.384 e. The summed E-state index contributed by atoms with van der Waals surface area (Å²) in [5.74, 6) is 5.99. The third kappa shape index (κ3) is 3.59. The van der Waals surface area contributed by atoms with Crippen LogP contribution < -0.4 is 5.32 Å². The van der Waals surface area contributed by atoms with Gasteiger partial charge in [-0.2, -0.15) is 0 Å². The quantitative estimate of drug-likeness (QED) is 0.812. The molecule has 0 aliphatic heterocycles. The number of aliphatic hydroxyl groups is 1. The molecule has 2 N–H and O–H groups in total. The molecule has 1 fully saturated rings. The van der Waals surface area contributed by atoms with Gasteiger partial charge in [-0.1, -0.05) is 17.9 Å². The van der Waals surface area contributed by atoms with Crippen molar-refractivity contribution in [3.8, 4) is 11.8 Å². The van der Waals surface area contributed by atoms with Crippen LogP contribution in [0.1, 0.15) is 41.3 Å². The molecule has 1 amide bonds. The van der Waals surface area contributed by atoms with Gasteiger partial charge in [-0.3, -0.25) is 4.79 Å². The highest BCUT2D eigenvalue weighted by atomic mass is 16.2. The topological polar surface area (TPSA) is 49.3 Å². The lowest BCUT2D eigenvalue weighted by Crippen LogP contribution is -2.34. The number of amides is 1. The standard InChI is InChI=1S/C16H19NO2/c1-11-5-8-15(14(10-11)4-3-9-18)16(19)17-12(2)13-6-7-13/h5,8,10,12-13,18H,6-7,9H2,1-2H3,(H,17,19). The number of carbonyl (C=O) groups is 1. The molecular formula is C16H19NO2. The Labute approximate surface area is 114 Å². The molecule has 0 heterocycles. The van der Waals surface area contributed by atoms with Gasteiger partial charge >= 0.3 is 0 Å². The van der Waals surface area contributed by atoms with Gasteiger partial charge in [-0.15, -0.1) is 0 Å². The summed E-state index contributed by atoms with van der Waals surface area (Å²) in [5.41, 5.74) is 2.31. The second-order valence-electron chi connectivity index (χ2n) is 5.11. The molecule has 2 rings (SSSR count). The molecule has 3 nitrogen and oxygen atoms in total. The van der Waals surface area contributed by atoms with E-state index in [-0.39, 0.29) is 18.6 Å². The molecule has 100 valence electrons. The Hall–Kier alpha value is -1.79. The molecule has 1 unspecified atom stereocenters. The molecule has 1 aliphatic carbocycles. The highest BCUT2D eigenvalue weighted by molar-refractivity contribution is 5.97. The monoisotopic (exact) mass is 257 g/mol. The third-order valence-electron chi connectivity index (χ3n) is 3.41. The molecule has 1 aromatic rings. The smallest absolute Gasteiger partial charge is 0.252 e. The minimum Gasteiger partial charge on any atom is -0.384 e. The highest BCUT2D eigenvalue weighted by Gasteiger charge is 2.29. The zero-order chi connectivity index (χ0) is 13.8. The fraction of sp³-hybridized carbons (Fsp3) is 0.438. The third-order valence-corrected chi connectivity index (χ3v) is 3.41. The van der Waals surface area contributed by atoms with Gasteiger partial charge in [-0.25, -0.2) is 0 Å². The minimum absolute atomic E-state index is 0.0818. The lowest BCUT2D eigenvalue weighted by Gasteiger charge is -2.14. The first kappa shape index (κ1) is 13.6. The average Bonchev–Trinajstić information content (AvgIpc) is 3.20. The number of hydrogen-bond donors (Lipinski definition) is 2. The fourth-order valence-corrected chi connectivity index (χ4v) is 2.09. The van der Waals surface area contributed by atoms with Crippen LogP contribution in [0.25, 0.3) is 0 Å². The summed E-state index contributed by atoms with van der Waals surface area (Å²) >= 11 is 0. The zero-order valence-corrected chi connectivity index (χ0v) is 11.4. The first-order valence-corrected chi connectivity index (χ1v) is 6.63. The lowest BCUT2D eigenvalue weighted by atomic mass is 10.0. The van der Waals surface area contributed by atoms with Crippen molar-refractivity contribution in [1.29, 1.82) is 0 Å². The van der Waals surface area contributed by atoms with Crippen molar-refractivity contribution in [3.05, 3.63) is 34.9 Å². The van der Waals surface area contributed by atoms with Crippen LogP contribution in [0, 0.1) is 24.7 Å². The fourth-order valence-electron chi connectivity index (χ4n) is 2.09. The van der Waals surface area contributed by atoms with Gasteiger partial charge in [0.25, 0.3) is 5.91 Å². The van der Waals surface area contributed by atoms with Crippen molar-refractivity contribution in [2.24, 2.45) is 5.92 Å². The molecular weight excluding hydrogens is 238 g/mol. The zero-order valence-electron chi connectivity index (χ0n) is 11.4. The van der Waals surface area contributed by atoms with Crippen molar-refractivity contribution in [2.75, 3.05) is 6.61 Å². The van der Waals surface area contributed by atoms with Crippen molar-refractivity contribution in [3.63, 3.8) is 0 Å². The summed E-state index contributed by atoms with van der Waals surface area (Å²) < 4.78 is 0. The van der Waals surface area contributed by atoms with Crippen molar-refractivity contribution in [2.45, 2.75) is 32.7 Å². The van der Waals surface area contributed by atoms with E-state index < -0.39 is 0 Å². The van der Waals surface area contributed by atoms with Crippen LogP contribution in [0.2, 0.25) is 0 Å². The predicted molar refractivity (Wildman–Crippen MR) is 74.8 cm³/mol. The van der Waals surface area contributed by atoms with E-state index in [0.29, 0.717) is 17.0 Å². The van der Waals surface area contributed by atoms with Gasteiger partial charge in [0.1, 0.15) is 6.61 Å². The van der Waals surface area contributed by atoms with Crippen molar-refractivity contribution >= 4 is 5.91 Å².